The van der Waals surface area contributed by atoms with Crippen LogP contribution in [-0.4, -0.2) is 30.4 Å². The Balaban J connectivity index is 1.94. The third-order valence-electron chi connectivity index (χ3n) is 4.86. The lowest BCUT2D eigenvalue weighted by atomic mass is 9.79. The second-order valence-corrected chi connectivity index (χ2v) is 8.02. The largest absolute Gasteiger partial charge is 0.462 e. The first-order chi connectivity index (χ1) is 10.0. The summed E-state index contributed by atoms with van der Waals surface area (Å²) in [6.45, 7) is 1.97. The molecule has 0 spiro atoms. The lowest BCUT2D eigenvalue weighted by molar-refractivity contribution is 0.129. The number of aliphatic hydroxyl groups excluding tert-OH is 1. The molecule has 6 heteroatoms. The molecule has 5 nitrogen and oxygen atoms in total. The van der Waals surface area contributed by atoms with Crippen LogP contribution in [0.1, 0.15) is 50.0 Å². The topological polar surface area (TPSA) is 70.8 Å². The maximum Gasteiger partial charge on any atom is 0.246 e. The number of nitrogens with zero attached hydrogens (tertiary/aromatic N) is 1. The van der Waals surface area contributed by atoms with Gasteiger partial charge >= 0.3 is 0 Å². The Morgan fingerprint density at radius 3 is 2.71 bits per heavy atom. The van der Waals surface area contributed by atoms with Crippen LogP contribution in [0.3, 0.4) is 0 Å². The third kappa shape index (κ3) is 2.64. The van der Waals surface area contributed by atoms with Crippen LogP contribution in [0.2, 0.25) is 0 Å². The monoisotopic (exact) mass is 313 g/mol. The molecule has 0 bridgehead atoms. The van der Waals surface area contributed by atoms with E-state index in [1.807, 2.05) is 0 Å². The Kier molecular flexibility index (Phi) is 4.12. The van der Waals surface area contributed by atoms with Crippen LogP contribution in [0.4, 0.5) is 0 Å². The van der Waals surface area contributed by atoms with Gasteiger partial charge in [0.1, 0.15) is 23.0 Å². The zero-order valence-corrected chi connectivity index (χ0v) is 13.2. The van der Waals surface area contributed by atoms with Crippen molar-refractivity contribution in [3.8, 4) is 0 Å². The summed E-state index contributed by atoms with van der Waals surface area (Å²) in [7, 11) is -3.52. The van der Waals surface area contributed by atoms with Crippen molar-refractivity contribution < 1.29 is 17.9 Å². The molecule has 1 saturated carbocycles. The van der Waals surface area contributed by atoms with Gasteiger partial charge in [0, 0.05) is 18.7 Å². The highest BCUT2D eigenvalue weighted by Gasteiger charge is 2.41. The molecular formula is C15H23NO4S. The molecule has 2 atom stereocenters. The van der Waals surface area contributed by atoms with Gasteiger partial charge in [-0.05, 0) is 38.5 Å². The van der Waals surface area contributed by atoms with Gasteiger partial charge in [0.2, 0.25) is 10.0 Å². The summed E-state index contributed by atoms with van der Waals surface area (Å²) in [6, 6.07) is 1.61. The summed E-state index contributed by atoms with van der Waals surface area (Å²) < 4.78 is 33.0. The van der Waals surface area contributed by atoms with Gasteiger partial charge < -0.3 is 9.52 Å². The number of fused-ring (bicyclic) bond motifs is 1. The molecule has 1 aliphatic heterocycles. The van der Waals surface area contributed by atoms with Crippen LogP contribution in [0.5, 0.6) is 0 Å². The van der Waals surface area contributed by atoms with Gasteiger partial charge in [-0.15, -0.1) is 0 Å². The zero-order valence-electron chi connectivity index (χ0n) is 12.4. The van der Waals surface area contributed by atoms with Gasteiger partial charge in [0.15, 0.2) is 0 Å². The molecular weight excluding hydrogens is 290 g/mol. The molecule has 21 heavy (non-hydrogen) atoms. The fourth-order valence-electron chi connectivity index (χ4n) is 3.86. The van der Waals surface area contributed by atoms with Crippen molar-refractivity contribution in [3.63, 3.8) is 0 Å². The maximum absolute atomic E-state index is 13.0. The van der Waals surface area contributed by atoms with Gasteiger partial charge in [-0.25, -0.2) is 8.42 Å². The highest BCUT2D eigenvalue weighted by molar-refractivity contribution is 7.89. The maximum atomic E-state index is 13.0. The van der Waals surface area contributed by atoms with E-state index in [4.69, 9.17) is 9.52 Å². The lowest BCUT2D eigenvalue weighted by Crippen LogP contribution is -2.49. The average Bonchev–Trinajstić information content (AvgIpc) is 2.88. The molecule has 1 aliphatic carbocycles. The molecule has 1 saturated heterocycles. The Morgan fingerprint density at radius 2 is 2.00 bits per heavy atom. The molecule has 2 heterocycles. The van der Waals surface area contributed by atoms with E-state index in [0.717, 1.165) is 32.1 Å². The van der Waals surface area contributed by atoms with E-state index in [0.29, 0.717) is 24.0 Å². The van der Waals surface area contributed by atoms with Crippen molar-refractivity contribution >= 4 is 10.0 Å². The molecule has 0 radical (unpaired) electrons. The Bertz CT molecular complexity index is 605. The normalized spacial score (nSPS) is 27.5. The second kappa shape index (κ2) is 5.74. The smallest absolute Gasteiger partial charge is 0.246 e. The standard InChI is InChI=1S/C15H23NO4S/c1-11-15(9-13(10-17)20-11)21(18,19)16-8-4-6-12-5-2-3-7-14(12)16/h9,12,14,17H,2-8,10H2,1H3/t12-,14-/m1/s1. The van der Waals surface area contributed by atoms with E-state index in [1.165, 1.54) is 12.5 Å². The predicted molar refractivity (Wildman–Crippen MR) is 78.2 cm³/mol. The van der Waals surface area contributed by atoms with Crippen LogP contribution in [0, 0.1) is 12.8 Å². The van der Waals surface area contributed by atoms with Crippen LogP contribution in [0.25, 0.3) is 0 Å². The van der Waals surface area contributed by atoms with E-state index >= 15 is 0 Å². The highest BCUT2D eigenvalue weighted by atomic mass is 32.2. The first-order valence-electron chi connectivity index (χ1n) is 7.76. The van der Waals surface area contributed by atoms with E-state index in [-0.39, 0.29) is 17.5 Å². The van der Waals surface area contributed by atoms with Crippen molar-refractivity contribution in [2.45, 2.75) is 63.0 Å². The Labute approximate surface area is 126 Å². The predicted octanol–water partition coefficient (Wildman–Crippen LogP) is 2.42. The van der Waals surface area contributed by atoms with E-state index in [9.17, 15) is 8.42 Å². The molecule has 2 aliphatic rings. The molecule has 3 rings (SSSR count). The fraction of sp³-hybridized carbons (Fsp3) is 0.733. The summed E-state index contributed by atoms with van der Waals surface area (Å²) in [4.78, 5) is 0.220. The average molecular weight is 313 g/mol. The molecule has 118 valence electrons. The summed E-state index contributed by atoms with van der Waals surface area (Å²) in [5.74, 6) is 1.19. The quantitative estimate of drug-likeness (QED) is 0.930. The third-order valence-corrected chi connectivity index (χ3v) is 6.89. The minimum absolute atomic E-state index is 0.143. The number of sulfonamides is 1. The van der Waals surface area contributed by atoms with Crippen molar-refractivity contribution in [1.29, 1.82) is 0 Å². The van der Waals surface area contributed by atoms with Gasteiger partial charge in [-0.1, -0.05) is 12.8 Å². The number of rotatable bonds is 3. The zero-order chi connectivity index (χ0) is 15.0. The van der Waals surface area contributed by atoms with Crippen LogP contribution < -0.4 is 0 Å². The molecule has 1 aromatic rings. The number of piperidine rings is 1. The molecule has 0 aromatic carbocycles. The SMILES string of the molecule is Cc1oc(CO)cc1S(=O)(=O)N1CCC[C@H]2CCCC[C@H]21. The summed E-state index contributed by atoms with van der Waals surface area (Å²) in [6.07, 6.45) is 6.51. The van der Waals surface area contributed by atoms with Crippen molar-refractivity contribution in [1.82, 2.24) is 4.31 Å². The van der Waals surface area contributed by atoms with Gasteiger partial charge in [0.25, 0.3) is 0 Å². The van der Waals surface area contributed by atoms with Crippen molar-refractivity contribution in [3.05, 3.63) is 17.6 Å². The van der Waals surface area contributed by atoms with Crippen LogP contribution in [-0.2, 0) is 16.6 Å². The second-order valence-electron chi connectivity index (χ2n) is 6.16. The first-order valence-corrected chi connectivity index (χ1v) is 9.20. The lowest BCUT2D eigenvalue weighted by Gasteiger charge is -2.43. The van der Waals surface area contributed by atoms with Crippen molar-refractivity contribution in [2.24, 2.45) is 5.92 Å². The number of furan rings is 1. The van der Waals surface area contributed by atoms with E-state index in [2.05, 4.69) is 0 Å². The minimum Gasteiger partial charge on any atom is -0.462 e. The fourth-order valence-corrected chi connectivity index (χ4v) is 5.80. The van der Waals surface area contributed by atoms with Gasteiger partial charge in [-0.2, -0.15) is 4.31 Å². The van der Waals surface area contributed by atoms with E-state index < -0.39 is 10.0 Å². The number of hydrogen-bond donors (Lipinski definition) is 1. The Morgan fingerprint density at radius 1 is 1.29 bits per heavy atom. The summed E-state index contributed by atoms with van der Waals surface area (Å²) >= 11 is 0. The summed E-state index contributed by atoms with van der Waals surface area (Å²) in [5.41, 5.74) is 0. The van der Waals surface area contributed by atoms with Gasteiger partial charge in [0.05, 0.1) is 0 Å². The minimum atomic E-state index is -3.52. The van der Waals surface area contributed by atoms with Gasteiger partial charge in [-0.3, -0.25) is 0 Å². The molecule has 1 aromatic heterocycles. The van der Waals surface area contributed by atoms with Crippen LogP contribution in [0.15, 0.2) is 15.4 Å². The number of aryl methyl sites for hydroxylation is 1. The number of hydrogen-bond acceptors (Lipinski definition) is 4. The molecule has 2 fully saturated rings. The molecule has 1 N–H and O–H groups in total. The number of aliphatic hydroxyl groups is 1. The van der Waals surface area contributed by atoms with E-state index in [1.54, 1.807) is 11.2 Å². The first kappa shape index (κ1) is 15.1. The molecule has 0 amide bonds. The summed E-state index contributed by atoms with van der Waals surface area (Å²) in [5, 5.41) is 9.14. The van der Waals surface area contributed by atoms with Crippen LogP contribution >= 0.6 is 0 Å². The highest BCUT2D eigenvalue weighted by Crippen LogP contribution is 2.38. The molecule has 0 unspecified atom stereocenters. The van der Waals surface area contributed by atoms with Crippen molar-refractivity contribution in [2.75, 3.05) is 6.54 Å². The Hall–Kier alpha value is -0.850.